The van der Waals surface area contributed by atoms with Gasteiger partial charge in [0.05, 0.1) is 6.04 Å². The zero-order valence-corrected chi connectivity index (χ0v) is 9.20. The van der Waals surface area contributed by atoms with E-state index in [0.29, 0.717) is 5.56 Å². The van der Waals surface area contributed by atoms with Crippen molar-refractivity contribution in [1.82, 2.24) is 5.32 Å². The molecule has 0 saturated carbocycles. The van der Waals surface area contributed by atoms with Crippen LogP contribution in [0.2, 0.25) is 0 Å². The van der Waals surface area contributed by atoms with Crippen molar-refractivity contribution in [2.24, 2.45) is 0 Å². The molecule has 0 heterocycles. The van der Waals surface area contributed by atoms with Crippen LogP contribution in [0.15, 0.2) is 24.3 Å². The number of hydrogen-bond acceptors (Lipinski definition) is 2. The van der Waals surface area contributed by atoms with Crippen molar-refractivity contribution >= 4 is 11.7 Å². The van der Waals surface area contributed by atoms with E-state index in [-0.39, 0.29) is 11.7 Å². The average molecular weight is 205 g/mol. The second-order valence-corrected chi connectivity index (χ2v) is 3.68. The highest BCUT2D eigenvalue weighted by Crippen LogP contribution is 2.04. The Bertz CT molecular complexity index is 385. The summed E-state index contributed by atoms with van der Waals surface area (Å²) in [7, 11) is 0. The molecule has 80 valence electrons. The molecule has 0 aliphatic heterocycles. The summed E-state index contributed by atoms with van der Waals surface area (Å²) >= 11 is 0. The number of rotatable bonds is 3. The van der Waals surface area contributed by atoms with Gasteiger partial charge in [-0.1, -0.05) is 17.7 Å². The smallest absolute Gasteiger partial charge is 0.251 e. The summed E-state index contributed by atoms with van der Waals surface area (Å²) in [6, 6.07) is 6.84. The van der Waals surface area contributed by atoms with Gasteiger partial charge >= 0.3 is 0 Å². The maximum Gasteiger partial charge on any atom is 0.251 e. The number of carbonyl (C=O) groups is 2. The lowest BCUT2D eigenvalue weighted by molar-refractivity contribution is -0.118. The van der Waals surface area contributed by atoms with Crippen molar-refractivity contribution in [3.63, 3.8) is 0 Å². The van der Waals surface area contributed by atoms with Gasteiger partial charge in [0.2, 0.25) is 0 Å². The third-order valence-electron chi connectivity index (χ3n) is 2.24. The van der Waals surface area contributed by atoms with Crippen molar-refractivity contribution in [3.05, 3.63) is 35.4 Å². The first-order valence-corrected chi connectivity index (χ1v) is 4.88. The number of amides is 1. The lowest BCUT2D eigenvalue weighted by atomic mass is 10.1. The molecule has 0 bridgehead atoms. The minimum absolute atomic E-state index is 0.0454. The number of ketones is 1. The third-order valence-corrected chi connectivity index (χ3v) is 2.24. The Balaban J connectivity index is 2.73. The molecule has 0 aliphatic rings. The summed E-state index contributed by atoms with van der Waals surface area (Å²) in [6.07, 6.45) is 0. The quantitative estimate of drug-likeness (QED) is 0.816. The van der Waals surface area contributed by atoms with Gasteiger partial charge in [-0.25, -0.2) is 0 Å². The van der Waals surface area contributed by atoms with E-state index >= 15 is 0 Å². The maximum absolute atomic E-state index is 11.6. The van der Waals surface area contributed by atoms with Gasteiger partial charge in [0.15, 0.2) is 5.78 Å². The second-order valence-electron chi connectivity index (χ2n) is 3.68. The summed E-state index contributed by atoms with van der Waals surface area (Å²) in [5, 5.41) is 2.63. The van der Waals surface area contributed by atoms with Gasteiger partial charge in [0.1, 0.15) is 0 Å². The van der Waals surface area contributed by atoms with Crippen LogP contribution in [0, 0.1) is 6.92 Å². The predicted octanol–water partition coefficient (Wildman–Crippen LogP) is 1.70. The van der Waals surface area contributed by atoms with Crippen LogP contribution in [-0.4, -0.2) is 17.7 Å². The Morgan fingerprint density at radius 1 is 1.33 bits per heavy atom. The minimum atomic E-state index is -0.432. The number of nitrogens with one attached hydrogen (secondary N) is 1. The maximum atomic E-state index is 11.6. The molecule has 0 saturated heterocycles. The SMILES string of the molecule is CC(=O)[C@H](C)NC(=O)c1cccc(C)c1. The molecule has 1 N–H and O–H groups in total. The van der Waals surface area contributed by atoms with Crippen molar-refractivity contribution in [2.45, 2.75) is 26.8 Å². The number of hydrogen-bond donors (Lipinski definition) is 1. The normalized spacial score (nSPS) is 11.9. The molecular formula is C12H15NO2. The molecule has 0 fully saturated rings. The molecule has 1 rings (SSSR count). The van der Waals surface area contributed by atoms with Crippen LogP contribution in [0.5, 0.6) is 0 Å². The van der Waals surface area contributed by atoms with E-state index in [1.54, 1.807) is 19.1 Å². The van der Waals surface area contributed by atoms with Crippen LogP contribution >= 0.6 is 0 Å². The minimum Gasteiger partial charge on any atom is -0.343 e. The van der Waals surface area contributed by atoms with Gasteiger partial charge < -0.3 is 5.32 Å². The molecule has 1 atom stereocenters. The molecular weight excluding hydrogens is 190 g/mol. The second kappa shape index (κ2) is 4.73. The van der Waals surface area contributed by atoms with Crippen molar-refractivity contribution in [3.8, 4) is 0 Å². The molecule has 1 aromatic carbocycles. The summed E-state index contributed by atoms with van der Waals surface area (Å²) in [6.45, 7) is 5.06. The first kappa shape index (κ1) is 11.4. The number of carbonyl (C=O) groups excluding carboxylic acids is 2. The predicted molar refractivity (Wildman–Crippen MR) is 58.8 cm³/mol. The lowest BCUT2D eigenvalue weighted by Gasteiger charge is -2.10. The fourth-order valence-electron chi connectivity index (χ4n) is 1.17. The third kappa shape index (κ3) is 3.20. The lowest BCUT2D eigenvalue weighted by Crippen LogP contribution is -2.37. The Morgan fingerprint density at radius 3 is 2.53 bits per heavy atom. The summed E-state index contributed by atoms with van der Waals surface area (Å²) < 4.78 is 0. The van der Waals surface area contributed by atoms with E-state index in [9.17, 15) is 9.59 Å². The van der Waals surface area contributed by atoms with E-state index in [2.05, 4.69) is 5.32 Å². The molecule has 0 aliphatic carbocycles. The largest absolute Gasteiger partial charge is 0.343 e. The van der Waals surface area contributed by atoms with Gasteiger partial charge in [-0.15, -0.1) is 0 Å². The molecule has 1 amide bonds. The van der Waals surface area contributed by atoms with E-state index in [1.807, 2.05) is 19.1 Å². The van der Waals surface area contributed by atoms with Crippen LogP contribution in [0.25, 0.3) is 0 Å². The summed E-state index contributed by atoms with van der Waals surface area (Å²) in [4.78, 5) is 22.6. The number of aryl methyl sites for hydroxylation is 1. The standard InChI is InChI=1S/C12H15NO2/c1-8-5-4-6-11(7-8)12(15)13-9(2)10(3)14/h4-7,9H,1-3H3,(H,13,15)/t9-/m0/s1. The average Bonchev–Trinajstić information content (AvgIpc) is 2.17. The number of Topliss-reactive ketones (excluding diaryl/α,β-unsaturated/α-hetero) is 1. The first-order chi connectivity index (χ1) is 7.00. The Hall–Kier alpha value is -1.64. The highest BCUT2D eigenvalue weighted by molar-refractivity contribution is 5.97. The van der Waals surface area contributed by atoms with E-state index in [4.69, 9.17) is 0 Å². The molecule has 15 heavy (non-hydrogen) atoms. The van der Waals surface area contributed by atoms with Crippen LogP contribution in [0.4, 0.5) is 0 Å². The Kier molecular flexibility index (Phi) is 3.61. The molecule has 0 aromatic heterocycles. The topological polar surface area (TPSA) is 46.2 Å². The Labute approximate surface area is 89.5 Å². The zero-order chi connectivity index (χ0) is 11.4. The van der Waals surface area contributed by atoms with Gasteiger partial charge in [-0.2, -0.15) is 0 Å². The first-order valence-electron chi connectivity index (χ1n) is 4.88. The molecule has 1 aromatic rings. The van der Waals surface area contributed by atoms with Crippen LogP contribution in [-0.2, 0) is 4.79 Å². The summed E-state index contributed by atoms with van der Waals surface area (Å²) in [5.74, 6) is -0.252. The monoisotopic (exact) mass is 205 g/mol. The van der Waals surface area contributed by atoms with Gasteiger partial charge in [0, 0.05) is 5.56 Å². The molecule has 0 spiro atoms. The van der Waals surface area contributed by atoms with Crippen LogP contribution in [0.3, 0.4) is 0 Å². The zero-order valence-electron chi connectivity index (χ0n) is 9.20. The molecule has 3 heteroatoms. The fraction of sp³-hybridized carbons (Fsp3) is 0.333. The van der Waals surface area contributed by atoms with Crippen molar-refractivity contribution in [1.29, 1.82) is 0 Å². The fourth-order valence-corrected chi connectivity index (χ4v) is 1.17. The highest BCUT2D eigenvalue weighted by atomic mass is 16.2. The summed E-state index contributed by atoms with van der Waals surface area (Å²) in [5.41, 5.74) is 1.61. The molecule has 0 unspecified atom stereocenters. The van der Waals surface area contributed by atoms with Crippen molar-refractivity contribution in [2.75, 3.05) is 0 Å². The van der Waals surface area contributed by atoms with Gasteiger partial charge in [-0.3, -0.25) is 9.59 Å². The van der Waals surface area contributed by atoms with Gasteiger partial charge in [-0.05, 0) is 32.9 Å². The Morgan fingerprint density at radius 2 is 2.00 bits per heavy atom. The molecule has 3 nitrogen and oxygen atoms in total. The highest BCUT2D eigenvalue weighted by Gasteiger charge is 2.12. The van der Waals surface area contributed by atoms with Crippen LogP contribution in [0.1, 0.15) is 29.8 Å². The number of benzene rings is 1. The van der Waals surface area contributed by atoms with E-state index in [1.165, 1.54) is 6.92 Å². The van der Waals surface area contributed by atoms with E-state index < -0.39 is 6.04 Å². The molecule has 0 radical (unpaired) electrons. The van der Waals surface area contributed by atoms with E-state index in [0.717, 1.165) is 5.56 Å². The van der Waals surface area contributed by atoms with Crippen LogP contribution < -0.4 is 5.32 Å². The van der Waals surface area contributed by atoms with Gasteiger partial charge in [0.25, 0.3) is 5.91 Å². The van der Waals surface area contributed by atoms with Crippen molar-refractivity contribution < 1.29 is 9.59 Å².